The molecule has 0 saturated heterocycles. The molecule has 0 saturated carbocycles. The Morgan fingerprint density at radius 2 is 1.80 bits per heavy atom. The maximum Gasteiger partial charge on any atom is 0.335 e. The smallest absolute Gasteiger partial charge is 0.335 e. The third-order valence-corrected chi connectivity index (χ3v) is 3.78. The van der Waals surface area contributed by atoms with E-state index in [9.17, 15) is 4.79 Å². The minimum Gasteiger partial charge on any atom is -0.478 e. The molecule has 2 aromatic carbocycles. The minimum atomic E-state index is -0.962. The van der Waals surface area contributed by atoms with Gasteiger partial charge >= 0.3 is 5.97 Å². The lowest BCUT2D eigenvalue weighted by molar-refractivity contribution is 0.0697. The van der Waals surface area contributed by atoms with Crippen molar-refractivity contribution in [3.63, 3.8) is 0 Å². The van der Waals surface area contributed by atoms with Crippen molar-refractivity contribution in [3.05, 3.63) is 58.1 Å². The predicted molar refractivity (Wildman–Crippen MR) is 82.6 cm³/mol. The normalized spacial score (nSPS) is 10.6. The van der Waals surface area contributed by atoms with Crippen molar-refractivity contribution in [2.75, 3.05) is 0 Å². The van der Waals surface area contributed by atoms with Gasteiger partial charge in [-0.05, 0) is 41.7 Å². The van der Waals surface area contributed by atoms with Gasteiger partial charge in [0.1, 0.15) is 0 Å². The van der Waals surface area contributed by atoms with Gasteiger partial charge in [0.15, 0.2) is 0 Å². The van der Waals surface area contributed by atoms with Crippen LogP contribution in [-0.4, -0.2) is 11.1 Å². The second-order valence-corrected chi connectivity index (χ2v) is 5.11. The molecular weight excluding hydrogens is 272 g/mol. The molecule has 0 radical (unpaired) electrons. The fourth-order valence-corrected chi connectivity index (χ4v) is 2.55. The summed E-state index contributed by atoms with van der Waals surface area (Å²) in [6.45, 7) is 4.21. The maximum atomic E-state index is 11.0. The Morgan fingerprint density at radius 1 is 1.05 bits per heavy atom. The highest BCUT2D eigenvalue weighted by Crippen LogP contribution is 2.32. The molecule has 2 rings (SSSR count). The number of carboxylic acids is 1. The number of carboxylic acid groups (broad SMARTS) is 1. The molecule has 0 aliphatic heterocycles. The maximum absolute atomic E-state index is 11.0. The lowest BCUT2D eigenvalue weighted by Crippen LogP contribution is -1.97. The molecule has 2 nitrogen and oxygen atoms in total. The van der Waals surface area contributed by atoms with Gasteiger partial charge in [-0.2, -0.15) is 0 Å². The molecular formula is C17H17ClO2. The van der Waals surface area contributed by atoms with Gasteiger partial charge < -0.3 is 5.11 Å². The number of aromatic carboxylic acids is 1. The molecule has 0 atom stereocenters. The number of rotatable bonds is 4. The molecule has 2 aromatic rings. The highest BCUT2D eigenvalue weighted by Gasteiger charge is 2.11. The number of halogens is 1. The molecule has 0 spiro atoms. The van der Waals surface area contributed by atoms with Crippen LogP contribution in [0.25, 0.3) is 11.1 Å². The molecule has 0 unspecified atom stereocenters. The van der Waals surface area contributed by atoms with Gasteiger partial charge in [0.05, 0.1) is 5.56 Å². The third kappa shape index (κ3) is 2.86. The average Bonchev–Trinajstić information content (AvgIpc) is 2.46. The van der Waals surface area contributed by atoms with Crippen LogP contribution in [0.3, 0.4) is 0 Å². The first-order chi connectivity index (χ1) is 9.56. The van der Waals surface area contributed by atoms with Gasteiger partial charge in [-0.25, -0.2) is 4.79 Å². The molecule has 0 amide bonds. The van der Waals surface area contributed by atoms with Gasteiger partial charge in [-0.1, -0.05) is 49.7 Å². The Balaban J connectivity index is 2.58. The molecule has 0 fully saturated rings. The Hall–Kier alpha value is -1.80. The topological polar surface area (TPSA) is 37.3 Å². The number of hydrogen-bond acceptors (Lipinski definition) is 1. The molecule has 0 bridgehead atoms. The number of hydrogen-bond donors (Lipinski definition) is 1. The van der Waals surface area contributed by atoms with Crippen LogP contribution in [0.15, 0.2) is 36.4 Å². The Morgan fingerprint density at radius 3 is 2.35 bits per heavy atom. The second-order valence-electron chi connectivity index (χ2n) is 4.70. The van der Waals surface area contributed by atoms with Crippen molar-refractivity contribution in [1.29, 1.82) is 0 Å². The molecule has 0 aromatic heterocycles. The van der Waals surface area contributed by atoms with Crippen molar-refractivity contribution in [3.8, 4) is 11.1 Å². The van der Waals surface area contributed by atoms with Gasteiger partial charge in [-0.3, -0.25) is 0 Å². The number of benzene rings is 2. The van der Waals surface area contributed by atoms with E-state index in [2.05, 4.69) is 32.0 Å². The van der Waals surface area contributed by atoms with Crippen LogP contribution in [0, 0.1) is 0 Å². The second kappa shape index (κ2) is 6.10. The van der Waals surface area contributed by atoms with E-state index < -0.39 is 5.97 Å². The summed E-state index contributed by atoms with van der Waals surface area (Å²) in [5.41, 5.74) is 4.66. The van der Waals surface area contributed by atoms with Gasteiger partial charge in [0, 0.05) is 10.6 Å². The summed E-state index contributed by atoms with van der Waals surface area (Å²) in [7, 11) is 0. The van der Waals surface area contributed by atoms with Crippen LogP contribution in [0.2, 0.25) is 5.02 Å². The third-order valence-electron chi connectivity index (χ3n) is 3.47. The predicted octanol–water partition coefficient (Wildman–Crippen LogP) is 4.83. The SMILES string of the molecule is CCc1ccc(CC)c(-c2ccc(C(=O)O)cc2Cl)c1. The molecule has 1 N–H and O–H groups in total. The summed E-state index contributed by atoms with van der Waals surface area (Å²) in [6, 6.07) is 11.3. The standard InChI is InChI=1S/C17H17ClO2/c1-3-11-5-6-12(4-2)15(9-11)14-8-7-13(17(19)20)10-16(14)18/h5-10H,3-4H2,1-2H3,(H,19,20). The summed E-state index contributed by atoms with van der Waals surface area (Å²) >= 11 is 6.27. The van der Waals surface area contributed by atoms with Crippen molar-refractivity contribution < 1.29 is 9.90 Å². The molecule has 0 heterocycles. The van der Waals surface area contributed by atoms with E-state index in [0.29, 0.717) is 5.02 Å². The van der Waals surface area contributed by atoms with Crippen LogP contribution < -0.4 is 0 Å². The first kappa shape index (κ1) is 14.6. The average molecular weight is 289 g/mol. The molecule has 0 aliphatic rings. The van der Waals surface area contributed by atoms with Crippen LogP contribution in [0.1, 0.15) is 35.3 Å². The lowest BCUT2D eigenvalue weighted by atomic mass is 9.94. The number of carbonyl (C=O) groups is 1. The van der Waals surface area contributed by atoms with E-state index in [1.165, 1.54) is 17.2 Å². The zero-order valence-corrected chi connectivity index (χ0v) is 12.4. The lowest BCUT2D eigenvalue weighted by Gasteiger charge is -2.12. The van der Waals surface area contributed by atoms with E-state index in [-0.39, 0.29) is 5.56 Å². The summed E-state index contributed by atoms with van der Waals surface area (Å²) < 4.78 is 0. The van der Waals surface area contributed by atoms with Crippen molar-refractivity contribution >= 4 is 17.6 Å². The quantitative estimate of drug-likeness (QED) is 0.875. The zero-order valence-electron chi connectivity index (χ0n) is 11.6. The van der Waals surface area contributed by atoms with Crippen LogP contribution in [-0.2, 0) is 12.8 Å². The molecule has 20 heavy (non-hydrogen) atoms. The Bertz CT molecular complexity index is 647. The monoisotopic (exact) mass is 288 g/mol. The highest BCUT2D eigenvalue weighted by molar-refractivity contribution is 6.33. The largest absolute Gasteiger partial charge is 0.478 e. The number of aryl methyl sites for hydroxylation is 2. The van der Waals surface area contributed by atoms with E-state index in [4.69, 9.17) is 16.7 Å². The summed E-state index contributed by atoms with van der Waals surface area (Å²) in [6.07, 6.45) is 1.87. The van der Waals surface area contributed by atoms with Crippen molar-refractivity contribution in [1.82, 2.24) is 0 Å². The first-order valence-corrected chi connectivity index (χ1v) is 7.09. The fraction of sp³-hybridized carbons (Fsp3) is 0.235. The Labute approximate surface area is 124 Å². The van der Waals surface area contributed by atoms with E-state index in [0.717, 1.165) is 24.0 Å². The summed E-state index contributed by atoms with van der Waals surface area (Å²) in [5.74, 6) is -0.962. The van der Waals surface area contributed by atoms with Crippen LogP contribution >= 0.6 is 11.6 Å². The molecule has 0 aliphatic carbocycles. The molecule has 3 heteroatoms. The van der Waals surface area contributed by atoms with Crippen LogP contribution in [0.5, 0.6) is 0 Å². The highest BCUT2D eigenvalue weighted by atomic mass is 35.5. The fourth-order valence-electron chi connectivity index (χ4n) is 2.27. The van der Waals surface area contributed by atoms with Gasteiger partial charge in [0.25, 0.3) is 0 Å². The van der Waals surface area contributed by atoms with Crippen molar-refractivity contribution in [2.24, 2.45) is 0 Å². The van der Waals surface area contributed by atoms with Crippen molar-refractivity contribution in [2.45, 2.75) is 26.7 Å². The summed E-state index contributed by atoms with van der Waals surface area (Å²) in [5, 5.41) is 9.47. The van der Waals surface area contributed by atoms with E-state index in [1.54, 1.807) is 12.1 Å². The minimum absolute atomic E-state index is 0.212. The Kier molecular flexibility index (Phi) is 4.46. The zero-order chi connectivity index (χ0) is 14.7. The van der Waals surface area contributed by atoms with Crippen LogP contribution in [0.4, 0.5) is 0 Å². The van der Waals surface area contributed by atoms with Gasteiger partial charge in [-0.15, -0.1) is 0 Å². The summed E-state index contributed by atoms with van der Waals surface area (Å²) in [4.78, 5) is 11.0. The first-order valence-electron chi connectivity index (χ1n) is 6.71. The van der Waals surface area contributed by atoms with E-state index in [1.807, 2.05) is 0 Å². The van der Waals surface area contributed by atoms with E-state index >= 15 is 0 Å². The van der Waals surface area contributed by atoms with Gasteiger partial charge in [0.2, 0.25) is 0 Å². The molecule has 104 valence electrons.